The molecule has 0 heteroatoms. The molecule has 0 aliphatic rings. The van der Waals surface area contributed by atoms with Crippen molar-refractivity contribution in [1.82, 2.24) is 0 Å². The van der Waals surface area contributed by atoms with Crippen LogP contribution in [0, 0.1) is 29.1 Å². The van der Waals surface area contributed by atoms with Crippen molar-refractivity contribution in [3.8, 4) is 0 Å². The first-order valence-electron chi connectivity index (χ1n) is 6.25. The summed E-state index contributed by atoms with van der Waals surface area (Å²) in [6, 6.07) is 0. The van der Waals surface area contributed by atoms with Crippen molar-refractivity contribution in [3.63, 3.8) is 0 Å². The molecular formula is C14H30. The standard InChI is InChI=1S/C14H30/c1-9-13(12(6)10(2)3)14(7,8)11(4)5/h10-13H,9H2,1-8H3. The van der Waals surface area contributed by atoms with E-state index in [9.17, 15) is 0 Å². The normalized spacial score (nSPS) is 17.6. The molecule has 0 fully saturated rings. The lowest BCUT2D eigenvalue weighted by molar-refractivity contribution is 0.0671. The maximum Gasteiger partial charge on any atom is -0.0300 e. The molecule has 2 unspecified atom stereocenters. The molecule has 2 atom stereocenters. The molecule has 0 saturated heterocycles. The summed E-state index contributed by atoms with van der Waals surface area (Å²) in [7, 11) is 0. The molecule has 14 heavy (non-hydrogen) atoms. The van der Waals surface area contributed by atoms with Crippen LogP contribution < -0.4 is 0 Å². The van der Waals surface area contributed by atoms with Gasteiger partial charge < -0.3 is 0 Å². The molecule has 0 bridgehead atoms. The van der Waals surface area contributed by atoms with Gasteiger partial charge in [0.2, 0.25) is 0 Å². The van der Waals surface area contributed by atoms with Crippen LogP contribution in [0.1, 0.15) is 61.8 Å². The van der Waals surface area contributed by atoms with Gasteiger partial charge in [0, 0.05) is 0 Å². The molecule has 0 aliphatic carbocycles. The summed E-state index contributed by atoms with van der Waals surface area (Å²) in [6.45, 7) is 19.0. The van der Waals surface area contributed by atoms with Gasteiger partial charge in [-0.3, -0.25) is 0 Å². The van der Waals surface area contributed by atoms with E-state index in [0.717, 1.165) is 23.7 Å². The summed E-state index contributed by atoms with van der Waals surface area (Å²) in [5.74, 6) is 3.26. The fraction of sp³-hybridized carbons (Fsp3) is 1.00. The van der Waals surface area contributed by atoms with Crippen LogP contribution in [0.3, 0.4) is 0 Å². The fourth-order valence-electron chi connectivity index (χ4n) is 2.47. The third-order valence-electron chi connectivity index (χ3n) is 4.57. The zero-order valence-corrected chi connectivity index (χ0v) is 11.5. The summed E-state index contributed by atoms with van der Waals surface area (Å²) >= 11 is 0. The number of hydrogen-bond donors (Lipinski definition) is 0. The van der Waals surface area contributed by atoms with Gasteiger partial charge in [0.1, 0.15) is 0 Å². The predicted octanol–water partition coefficient (Wildman–Crippen LogP) is 4.99. The molecule has 0 saturated carbocycles. The molecule has 0 heterocycles. The molecular weight excluding hydrogens is 168 g/mol. The lowest BCUT2D eigenvalue weighted by atomic mass is 9.63. The average Bonchev–Trinajstić information content (AvgIpc) is 2.04. The van der Waals surface area contributed by atoms with Crippen LogP contribution in [0.5, 0.6) is 0 Å². The third kappa shape index (κ3) is 3.00. The quantitative estimate of drug-likeness (QED) is 0.584. The van der Waals surface area contributed by atoms with E-state index in [-0.39, 0.29) is 0 Å². The smallest absolute Gasteiger partial charge is 0.0300 e. The van der Waals surface area contributed by atoms with Crippen molar-refractivity contribution < 1.29 is 0 Å². The fourth-order valence-corrected chi connectivity index (χ4v) is 2.47. The summed E-state index contributed by atoms with van der Waals surface area (Å²) in [4.78, 5) is 0. The molecule has 0 N–H and O–H groups in total. The van der Waals surface area contributed by atoms with Crippen LogP contribution >= 0.6 is 0 Å². The van der Waals surface area contributed by atoms with E-state index in [1.807, 2.05) is 0 Å². The molecule has 0 amide bonds. The van der Waals surface area contributed by atoms with E-state index in [1.54, 1.807) is 0 Å². The van der Waals surface area contributed by atoms with Gasteiger partial charge in [-0.1, -0.05) is 61.8 Å². The van der Waals surface area contributed by atoms with Gasteiger partial charge >= 0.3 is 0 Å². The minimum absolute atomic E-state index is 0.471. The first-order valence-corrected chi connectivity index (χ1v) is 6.25. The van der Waals surface area contributed by atoms with Gasteiger partial charge in [-0.2, -0.15) is 0 Å². The van der Waals surface area contributed by atoms with E-state index in [2.05, 4.69) is 55.4 Å². The van der Waals surface area contributed by atoms with Crippen molar-refractivity contribution in [3.05, 3.63) is 0 Å². The second kappa shape index (κ2) is 5.19. The summed E-state index contributed by atoms with van der Waals surface area (Å²) in [5.41, 5.74) is 0.471. The summed E-state index contributed by atoms with van der Waals surface area (Å²) < 4.78 is 0. The Balaban J connectivity index is 4.70. The SMILES string of the molecule is CCC(C(C)C(C)C)C(C)(C)C(C)C. The van der Waals surface area contributed by atoms with Crippen LogP contribution in [0.4, 0.5) is 0 Å². The first kappa shape index (κ1) is 14.0. The van der Waals surface area contributed by atoms with Crippen LogP contribution in [0.15, 0.2) is 0 Å². The topological polar surface area (TPSA) is 0 Å². The van der Waals surface area contributed by atoms with E-state index in [0.29, 0.717) is 5.41 Å². The summed E-state index contributed by atoms with van der Waals surface area (Å²) in [5, 5.41) is 0. The molecule has 0 aromatic rings. The molecule has 0 aliphatic heterocycles. The van der Waals surface area contributed by atoms with Crippen LogP contribution in [0.2, 0.25) is 0 Å². The Morgan fingerprint density at radius 2 is 1.36 bits per heavy atom. The average molecular weight is 198 g/mol. The lowest BCUT2D eigenvalue weighted by Crippen LogP contribution is -2.35. The Kier molecular flexibility index (Phi) is 5.19. The minimum atomic E-state index is 0.471. The zero-order chi connectivity index (χ0) is 11.5. The monoisotopic (exact) mass is 198 g/mol. The Hall–Kier alpha value is 0. The lowest BCUT2D eigenvalue weighted by Gasteiger charge is -2.42. The predicted molar refractivity (Wildman–Crippen MR) is 66.4 cm³/mol. The second-order valence-electron chi connectivity index (χ2n) is 6.09. The zero-order valence-electron chi connectivity index (χ0n) is 11.5. The van der Waals surface area contributed by atoms with Crippen LogP contribution in [-0.2, 0) is 0 Å². The molecule has 0 rings (SSSR count). The minimum Gasteiger partial charge on any atom is -0.0651 e. The van der Waals surface area contributed by atoms with Crippen molar-refractivity contribution in [2.75, 3.05) is 0 Å². The molecule has 0 aromatic carbocycles. The highest BCUT2D eigenvalue weighted by molar-refractivity contribution is 4.84. The second-order valence-corrected chi connectivity index (χ2v) is 6.09. The largest absolute Gasteiger partial charge is 0.0651 e. The number of hydrogen-bond acceptors (Lipinski definition) is 0. The summed E-state index contributed by atoms with van der Waals surface area (Å²) in [6.07, 6.45) is 1.31. The van der Waals surface area contributed by atoms with Crippen LogP contribution in [0.25, 0.3) is 0 Å². The Morgan fingerprint density at radius 3 is 1.57 bits per heavy atom. The van der Waals surface area contributed by atoms with Crippen molar-refractivity contribution in [2.45, 2.75) is 61.8 Å². The highest BCUT2D eigenvalue weighted by Crippen LogP contribution is 2.43. The van der Waals surface area contributed by atoms with E-state index in [4.69, 9.17) is 0 Å². The maximum atomic E-state index is 2.44. The number of rotatable bonds is 5. The van der Waals surface area contributed by atoms with Gasteiger partial charge in [0.15, 0.2) is 0 Å². The highest BCUT2D eigenvalue weighted by atomic mass is 14.4. The van der Waals surface area contributed by atoms with Gasteiger partial charge in [0.25, 0.3) is 0 Å². The molecule has 0 nitrogen and oxygen atoms in total. The van der Waals surface area contributed by atoms with Gasteiger partial charge in [-0.15, -0.1) is 0 Å². The Bertz CT molecular complexity index is 153. The molecule has 0 spiro atoms. The van der Waals surface area contributed by atoms with Gasteiger partial charge in [-0.25, -0.2) is 0 Å². The van der Waals surface area contributed by atoms with Crippen molar-refractivity contribution in [2.24, 2.45) is 29.1 Å². The van der Waals surface area contributed by atoms with E-state index < -0.39 is 0 Å². The van der Waals surface area contributed by atoms with Gasteiger partial charge in [-0.05, 0) is 29.1 Å². The van der Waals surface area contributed by atoms with Gasteiger partial charge in [0.05, 0.1) is 0 Å². The Morgan fingerprint density at radius 1 is 0.929 bits per heavy atom. The molecule has 86 valence electrons. The highest BCUT2D eigenvalue weighted by Gasteiger charge is 2.35. The Labute approximate surface area is 91.5 Å². The third-order valence-corrected chi connectivity index (χ3v) is 4.57. The van der Waals surface area contributed by atoms with Crippen LogP contribution in [-0.4, -0.2) is 0 Å². The first-order chi connectivity index (χ1) is 6.25. The van der Waals surface area contributed by atoms with E-state index >= 15 is 0 Å². The van der Waals surface area contributed by atoms with E-state index in [1.165, 1.54) is 6.42 Å². The van der Waals surface area contributed by atoms with Crippen molar-refractivity contribution in [1.29, 1.82) is 0 Å². The van der Waals surface area contributed by atoms with Crippen molar-refractivity contribution >= 4 is 0 Å². The maximum absolute atomic E-state index is 2.44. The molecule has 0 aromatic heterocycles. The molecule has 0 radical (unpaired) electrons.